The minimum absolute atomic E-state index is 0.156. The highest BCUT2D eigenvalue weighted by atomic mass is 16.2. The van der Waals surface area contributed by atoms with E-state index in [1.165, 1.54) is 26.1 Å². The summed E-state index contributed by atoms with van der Waals surface area (Å²) in [5.74, 6) is -1.22. The van der Waals surface area contributed by atoms with E-state index in [1.54, 1.807) is 0 Å². The molecule has 0 saturated carbocycles. The van der Waals surface area contributed by atoms with Crippen molar-refractivity contribution in [1.29, 1.82) is 0 Å². The predicted molar refractivity (Wildman–Crippen MR) is 61.6 cm³/mol. The molecule has 0 atom stereocenters. The van der Waals surface area contributed by atoms with Crippen molar-refractivity contribution in [3.8, 4) is 0 Å². The van der Waals surface area contributed by atoms with Gasteiger partial charge in [0.25, 0.3) is 11.8 Å². The molecule has 1 aromatic carbocycles. The SMILES string of the molecule is CC(=O)Nc1ccc(N)c2c1C(=O)N(C)C2=O. The maximum Gasteiger partial charge on any atom is 0.263 e. The number of carbonyl (C=O) groups is 3. The molecule has 6 nitrogen and oxygen atoms in total. The number of rotatable bonds is 1. The number of nitrogens with one attached hydrogen (secondary N) is 1. The molecule has 0 aromatic heterocycles. The van der Waals surface area contributed by atoms with Gasteiger partial charge in [-0.25, -0.2) is 0 Å². The highest BCUT2D eigenvalue weighted by Crippen LogP contribution is 2.32. The Labute approximate surface area is 97.4 Å². The van der Waals surface area contributed by atoms with Crippen molar-refractivity contribution in [3.05, 3.63) is 23.3 Å². The second kappa shape index (κ2) is 3.58. The summed E-state index contributed by atoms with van der Waals surface area (Å²) in [5.41, 5.74) is 6.53. The monoisotopic (exact) mass is 233 g/mol. The van der Waals surface area contributed by atoms with Crippen LogP contribution in [-0.4, -0.2) is 29.7 Å². The number of nitrogen functional groups attached to an aromatic ring is 1. The van der Waals surface area contributed by atoms with E-state index in [0.29, 0.717) is 5.69 Å². The van der Waals surface area contributed by atoms with E-state index in [0.717, 1.165) is 4.90 Å². The van der Waals surface area contributed by atoms with Gasteiger partial charge >= 0.3 is 0 Å². The van der Waals surface area contributed by atoms with Crippen LogP contribution in [0, 0.1) is 0 Å². The summed E-state index contributed by atoms with van der Waals surface area (Å²) in [4.78, 5) is 35.6. The van der Waals surface area contributed by atoms with Gasteiger partial charge in [-0.2, -0.15) is 0 Å². The van der Waals surface area contributed by atoms with Crippen molar-refractivity contribution >= 4 is 29.1 Å². The molecule has 1 heterocycles. The van der Waals surface area contributed by atoms with Gasteiger partial charge in [-0.3, -0.25) is 19.3 Å². The molecule has 1 aromatic rings. The van der Waals surface area contributed by atoms with Gasteiger partial charge in [0.1, 0.15) is 0 Å². The number of hydrogen-bond acceptors (Lipinski definition) is 4. The zero-order valence-electron chi connectivity index (χ0n) is 9.40. The van der Waals surface area contributed by atoms with Crippen LogP contribution in [0.3, 0.4) is 0 Å². The Kier molecular flexibility index (Phi) is 2.35. The van der Waals surface area contributed by atoms with Crippen LogP contribution >= 0.6 is 0 Å². The third-order valence-corrected chi connectivity index (χ3v) is 2.59. The third-order valence-electron chi connectivity index (χ3n) is 2.59. The molecule has 0 aliphatic carbocycles. The van der Waals surface area contributed by atoms with Crippen molar-refractivity contribution in [2.45, 2.75) is 6.92 Å². The number of benzene rings is 1. The van der Waals surface area contributed by atoms with Crippen LogP contribution < -0.4 is 11.1 Å². The number of imide groups is 1. The summed E-state index contributed by atoms with van der Waals surface area (Å²) < 4.78 is 0. The maximum absolute atomic E-state index is 11.9. The van der Waals surface area contributed by atoms with Gasteiger partial charge in [-0.05, 0) is 12.1 Å². The normalized spacial score (nSPS) is 13.9. The molecule has 1 aliphatic heterocycles. The van der Waals surface area contributed by atoms with Gasteiger partial charge in [0, 0.05) is 19.7 Å². The quantitative estimate of drug-likeness (QED) is 0.544. The molecule has 2 rings (SSSR count). The van der Waals surface area contributed by atoms with E-state index < -0.39 is 11.8 Å². The average Bonchev–Trinajstić information content (AvgIpc) is 2.48. The molecule has 17 heavy (non-hydrogen) atoms. The Morgan fingerprint density at radius 2 is 1.82 bits per heavy atom. The molecule has 3 amide bonds. The van der Waals surface area contributed by atoms with Crippen molar-refractivity contribution in [2.24, 2.45) is 0 Å². The topological polar surface area (TPSA) is 92.5 Å². The van der Waals surface area contributed by atoms with Crippen molar-refractivity contribution in [2.75, 3.05) is 18.1 Å². The van der Waals surface area contributed by atoms with Crippen LogP contribution in [-0.2, 0) is 4.79 Å². The van der Waals surface area contributed by atoms with Gasteiger partial charge in [0.05, 0.1) is 16.8 Å². The number of anilines is 2. The zero-order chi connectivity index (χ0) is 12.7. The van der Waals surface area contributed by atoms with E-state index >= 15 is 0 Å². The van der Waals surface area contributed by atoms with E-state index in [2.05, 4.69) is 5.32 Å². The fourth-order valence-electron chi connectivity index (χ4n) is 1.79. The largest absolute Gasteiger partial charge is 0.398 e. The molecule has 1 aliphatic rings. The molecule has 0 spiro atoms. The van der Waals surface area contributed by atoms with E-state index in [1.807, 2.05) is 0 Å². The van der Waals surface area contributed by atoms with Crippen LogP contribution in [0.1, 0.15) is 27.6 Å². The fourth-order valence-corrected chi connectivity index (χ4v) is 1.79. The molecule has 88 valence electrons. The molecule has 0 fully saturated rings. The molecule has 0 saturated heterocycles. The first-order valence-corrected chi connectivity index (χ1v) is 4.96. The lowest BCUT2D eigenvalue weighted by Crippen LogP contribution is -2.24. The molecular formula is C11H11N3O3. The third kappa shape index (κ3) is 1.54. The molecule has 0 bridgehead atoms. The highest BCUT2D eigenvalue weighted by Gasteiger charge is 2.36. The predicted octanol–water partition coefficient (Wildman–Crippen LogP) is 0.453. The first kappa shape index (κ1) is 11.1. The summed E-state index contributed by atoms with van der Waals surface area (Å²) >= 11 is 0. The standard InChI is InChI=1S/C11H11N3O3/c1-5(15)13-7-4-3-6(12)8-9(7)11(17)14(2)10(8)16/h3-4H,12H2,1-2H3,(H,13,15). The van der Waals surface area contributed by atoms with Crippen LogP contribution in [0.4, 0.5) is 11.4 Å². The first-order valence-electron chi connectivity index (χ1n) is 4.96. The molecule has 0 unspecified atom stereocenters. The lowest BCUT2D eigenvalue weighted by atomic mass is 10.1. The maximum atomic E-state index is 11.9. The zero-order valence-corrected chi connectivity index (χ0v) is 9.40. The molecule has 0 radical (unpaired) electrons. The van der Waals surface area contributed by atoms with Crippen molar-refractivity contribution in [1.82, 2.24) is 4.90 Å². The molecular weight excluding hydrogens is 222 g/mol. The van der Waals surface area contributed by atoms with E-state index in [9.17, 15) is 14.4 Å². The summed E-state index contributed by atoms with van der Waals surface area (Å²) in [6, 6.07) is 3.01. The van der Waals surface area contributed by atoms with Gasteiger partial charge < -0.3 is 11.1 Å². The summed E-state index contributed by atoms with van der Waals surface area (Å²) in [6.07, 6.45) is 0. The van der Waals surface area contributed by atoms with E-state index in [-0.39, 0.29) is 22.7 Å². The summed E-state index contributed by atoms with van der Waals surface area (Å²) in [6.45, 7) is 1.33. The Morgan fingerprint density at radius 3 is 2.41 bits per heavy atom. The summed E-state index contributed by atoms with van der Waals surface area (Å²) in [5, 5.41) is 2.51. The van der Waals surface area contributed by atoms with Crippen LogP contribution in [0.25, 0.3) is 0 Å². The Morgan fingerprint density at radius 1 is 1.24 bits per heavy atom. The number of hydrogen-bond donors (Lipinski definition) is 2. The average molecular weight is 233 g/mol. The lowest BCUT2D eigenvalue weighted by Gasteiger charge is -2.07. The smallest absolute Gasteiger partial charge is 0.263 e. The minimum Gasteiger partial charge on any atom is -0.398 e. The summed E-state index contributed by atoms with van der Waals surface area (Å²) in [7, 11) is 1.38. The van der Waals surface area contributed by atoms with Gasteiger partial charge in [-0.15, -0.1) is 0 Å². The van der Waals surface area contributed by atoms with Gasteiger partial charge in [0.2, 0.25) is 5.91 Å². The molecule has 3 N–H and O–H groups in total. The van der Waals surface area contributed by atoms with Crippen molar-refractivity contribution in [3.63, 3.8) is 0 Å². The number of nitrogens with two attached hydrogens (primary N) is 1. The number of amides is 3. The van der Waals surface area contributed by atoms with Crippen LogP contribution in [0.15, 0.2) is 12.1 Å². The first-order chi connectivity index (χ1) is 7.93. The highest BCUT2D eigenvalue weighted by molar-refractivity contribution is 6.26. The van der Waals surface area contributed by atoms with Gasteiger partial charge in [-0.1, -0.05) is 0 Å². The Balaban J connectivity index is 2.66. The van der Waals surface area contributed by atoms with Crippen molar-refractivity contribution < 1.29 is 14.4 Å². The minimum atomic E-state index is -0.457. The van der Waals surface area contributed by atoms with E-state index in [4.69, 9.17) is 5.73 Å². The second-order valence-electron chi connectivity index (χ2n) is 3.80. The van der Waals surface area contributed by atoms with Crippen LogP contribution in [0.5, 0.6) is 0 Å². The lowest BCUT2D eigenvalue weighted by molar-refractivity contribution is -0.114. The van der Waals surface area contributed by atoms with Crippen LogP contribution in [0.2, 0.25) is 0 Å². The Bertz CT molecular complexity index is 551. The fraction of sp³-hybridized carbons (Fsp3) is 0.182. The number of nitrogens with zero attached hydrogens (tertiary/aromatic N) is 1. The Hall–Kier alpha value is -2.37. The van der Waals surface area contributed by atoms with Gasteiger partial charge in [0.15, 0.2) is 0 Å². The second-order valence-corrected chi connectivity index (χ2v) is 3.80. The molecule has 6 heteroatoms. The number of fused-ring (bicyclic) bond motifs is 1. The number of carbonyl (C=O) groups excluding carboxylic acids is 3.